The van der Waals surface area contributed by atoms with Crippen LogP contribution in [0.3, 0.4) is 0 Å². The van der Waals surface area contributed by atoms with Gasteiger partial charge >= 0.3 is 12.1 Å². The Bertz CT molecular complexity index is 839. The molecule has 1 amide bonds. The predicted molar refractivity (Wildman–Crippen MR) is 115 cm³/mol. The van der Waals surface area contributed by atoms with Crippen molar-refractivity contribution in [3.05, 3.63) is 60.7 Å². The summed E-state index contributed by atoms with van der Waals surface area (Å²) in [5, 5.41) is 9.30. The quantitative estimate of drug-likeness (QED) is 0.406. The minimum atomic E-state index is -4.62. The summed E-state index contributed by atoms with van der Waals surface area (Å²) in [7, 11) is 0. The van der Waals surface area contributed by atoms with E-state index in [1.54, 1.807) is 60.7 Å². The number of likely N-dealkylation sites (tertiary alicyclic amines) is 1. The molecular formula is C22H22F3NO3S2. The minimum Gasteiger partial charge on any atom is -0.480 e. The molecule has 3 rings (SSSR count). The van der Waals surface area contributed by atoms with Crippen LogP contribution in [0, 0.1) is 5.92 Å². The number of alkyl halides is 3. The average Bonchev–Trinajstić information content (AvgIpc) is 3.23. The average molecular weight is 470 g/mol. The fourth-order valence-electron chi connectivity index (χ4n) is 3.45. The van der Waals surface area contributed by atoms with Gasteiger partial charge in [0.15, 0.2) is 0 Å². The van der Waals surface area contributed by atoms with Gasteiger partial charge < -0.3 is 10.0 Å². The fraction of sp³-hybridized carbons (Fsp3) is 0.364. The van der Waals surface area contributed by atoms with Gasteiger partial charge in [0.1, 0.15) is 6.04 Å². The number of rotatable bonds is 8. The lowest BCUT2D eigenvalue weighted by Gasteiger charge is -2.30. The highest BCUT2D eigenvalue weighted by Crippen LogP contribution is 2.47. The van der Waals surface area contributed by atoms with E-state index in [0.29, 0.717) is 16.2 Å². The third kappa shape index (κ3) is 6.43. The molecule has 1 aliphatic heterocycles. The number of hydrogen-bond donors (Lipinski definition) is 1. The first-order valence-electron chi connectivity index (χ1n) is 9.78. The molecule has 2 aromatic carbocycles. The molecule has 2 atom stereocenters. The maximum absolute atomic E-state index is 14.2. The van der Waals surface area contributed by atoms with E-state index < -0.39 is 41.0 Å². The van der Waals surface area contributed by atoms with E-state index in [4.69, 9.17) is 0 Å². The highest BCUT2D eigenvalue weighted by atomic mass is 32.2. The van der Waals surface area contributed by atoms with Crippen molar-refractivity contribution < 1.29 is 27.9 Å². The zero-order chi connectivity index (χ0) is 22.4. The van der Waals surface area contributed by atoms with Crippen molar-refractivity contribution in [3.63, 3.8) is 0 Å². The highest BCUT2D eigenvalue weighted by molar-refractivity contribution is 8.17. The van der Waals surface area contributed by atoms with Crippen LogP contribution in [-0.2, 0) is 9.59 Å². The number of carbonyl (C=O) groups excluding carboxylic acids is 1. The Morgan fingerprint density at radius 3 is 1.97 bits per heavy atom. The van der Waals surface area contributed by atoms with E-state index in [0.717, 1.165) is 28.4 Å². The lowest BCUT2D eigenvalue weighted by molar-refractivity contribution is -0.177. The van der Waals surface area contributed by atoms with Crippen LogP contribution in [0.4, 0.5) is 13.2 Å². The summed E-state index contributed by atoms with van der Waals surface area (Å²) in [6, 6.07) is 16.5. The van der Waals surface area contributed by atoms with Crippen molar-refractivity contribution >= 4 is 35.4 Å². The van der Waals surface area contributed by atoms with Crippen LogP contribution in [0.1, 0.15) is 19.3 Å². The van der Waals surface area contributed by atoms with Crippen molar-refractivity contribution in [1.82, 2.24) is 4.90 Å². The number of halogens is 3. The molecule has 1 heterocycles. The van der Waals surface area contributed by atoms with Crippen molar-refractivity contribution in [3.8, 4) is 0 Å². The van der Waals surface area contributed by atoms with Crippen molar-refractivity contribution in [2.75, 3.05) is 6.54 Å². The van der Waals surface area contributed by atoms with Crippen molar-refractivity contribution in [2.45, 2.75) is 45.9 Å². The van der Waals surface area contributed by atoms with Crippen LogP contribution < -0.4 is 0 Å². The number of aliphatic carboxylic acids is 1. The Morgan fingerprint density at radius 2 is 1.52 bits per heavy atom. The highest BCUT2D eigenvalue weighted by Gasteiger charge is 2.48. The Labute approximate surface area is 187 Å². The maximum atomic E-state index is 14.2. The van der Waals surface area contributed by atoms with Gasteiger partial charge in [-0.1, -0.05) is 36.4 Å². The molecular weight excluding hydrogens is 447 g/mol. The molecule has 0 spiro atoms. The van der Waals surface area contributed by atoms with Crippen LogP contribution in [-0.4, -0.2) is 45.2 Å². The first kappa shape index (κ1) is 23.5. The number of thioether (sulfide) groups is 2. The number of amides is 1. The normalized spacial score (nSPS) is 17.7. The summed E-state index contributed by atoms with van der Waals surface area (Å²) in [6.07, 6.45) is -4.67. The smallest absolute Gasteiger partial charge is 0.394 e. The molecule has 166 valence electrons. The van der Waals surface area contributed by atoms with Crippen LogP contribution in [0.2, 0.25) is 0 Å². The lowest BCUT2D eigenvalue weighted by atomic mass is 10.1. The zero-order valence-corrected chi connectivity index (χ0v) is 18.1. The molecule has 1 unspecified atom stereocenters. The molecule has 1 saturated heterocycles. The largest absolute Gasteiger partial charge is 0.480 e. The summed E-state index contributed by atoms with van der Waals surface area (Å²) < 4.78 is 41.5. The van der Waals surface area contributed by atoms with E-state index in [1.165, 1.54) is 0 Å². The number of carbonyl (C=O) groups is 2. The number of hydrogen-bond acceptors (Lipinski definition) is 4. The summed E-state index contributed by atoms with van der Waals surface area (Å²) in [5.41, 5.74) is 0. The second-order valence-corrected chi connectivity index (χ2v) is 9.89. The number of carboxylic acid groups (broad SMARTS) is 1. The predicted octanol–water partition coefficient (Wildman–Crippen LogP) is 5.54. The molecule has 0 radical (unpaired) electrons. The molecule has 2 aromatic rings. The molecule has 0 bridgehead atoms. The molecule has 0 saturated carbocycles. The summed E-state index contributed by atoms with van der Waals surface area (Å²) >= 11 is 2.13. The van der Waals surface area contributed by atoms with E-state index in [9.17, 15) is 27.9 Å². The van der Waals surface area contributed by atoms with Gasteiger partial charge in [0.05, 0.1) is 10.5 Å². The molecule has 1 aliphatic rings. The summed E-state index contributed by atoms with van der Waals surface area (Å²) in [6.45, 7) is 0.169. The third-order valence-corrected chi connectivity index (χ3v) is 7.78. The van der Waals surface area contributed by atoms with Gasteiger partial charge in [-0.05, 0) is 37.1 Å². The number of benzene rings is 2. The molecule has 0 aliphatic carbocycles. The topological polar surface area (TPSA) is 57.6 Å². The third-order valence-electron chi connectivity index (χ3n) is 4.99. The second kappa shape index (κ2) is 10.5. The standard InChI is InChI=1S/C22H22F3NO3S2/c23-22(24,25)17(14-19(27)26-13-7-12-18(26)20(28)29)21(30-15-8-3-1-4-9-15)31-16-10-5-2-6-11-16/h1-6,8-11,17-18,21H,7,12-14H2,(H,28,29)/t17?,18-/m0/s1. The molecule has 1 fully saturated rings. The Balaban J connectivity index is 1.87. The monoisotopic (exact) mass is 469 g/mol. The van der Waals surface area contributed by atoms with E-state index in [1.807, 2.05) is 0 Å². The molecule has 1 N–H and O–H groups in total. The molecule has 0 aromatic heterocycles. The second-order valence-electron chi connectivity index (χ2n) is 7.17. The van der Waals surface area contributed by atoms with Gasteiger partial charge in [-0.25, -0.2) is 4.79 Å². The fourth-order valence-corrected chi connectivity index (χ4v) is 6.30. The van der Waals surface area contributed by atoms with E-state index in [2.05, 4.69) is 0 Å². The van der Waals surface area contributed by atoms with Crippen LogP contribution in [0.5, 0.6) is 0 Å². The SMILES string of the molecule is O=C(O)[C@@H]1CCCN1C(=O)CC(C(Sc1ccccc1)Sc1ccccc1)C(F)(F)F. The Hall–Kier alpha value is -2.13. The van der Waals surface area contributed by atoms with Crippen LogP contribution >= 0.6 is 23.5 Å². The zero-order valence-electron chi connectivity index (χ0n) is 16.5. The number of nitrogens with zero attached hydrogens (tertiary/aromatic N) is 1. The maximum Gasteiger partial charge on any atom is 0.394 e. The Kier molecular flexibility index (Phi) is 7.94. The summed E-state index contributed by atoms with van der Waals surface area (Å²) in [4.78, 5) is 26.6. The van der Waals surface area contributed by atoms with Gasteiger partial charge in [-0.15, -0.1) is 23.5 Å². The van der Waals surface area contributed by atoms with Crippen LogP contribution in [0.15, 0.2) is 70.5 Å². The van der Waals surface area contributed by atoms with Crippen molar-refractivity contribution in [1.29, 1.82) is 0 Å². The van der Waals surface area contributed by atoms with Gasteiger partial charge in [0, 0.05) is 22.8 Å². The first-order valence-corrected chi connectivity index (χ1v) is 11.5. The van der Waals surface area contributed by atoms with Gasteiger partial charge in [-0.3, -0.25) is 4.79 Å². The van der Waals surface area contributed by atoms with Gasteiger partial charge in [-0.2, -0.15) is 13.2 Å². The van der Waals surface area contributed by atoms with Crippen LogP contribution in [0.25, 0.3) is 0 Å². The van der Waals surface area contributed by atoms with Crippen molar-refractivity contribution in [2.24, 2.45) is 5.92 Å². The lowest BCUT2D eigenvalue weighted by Crippen LogP contribution is -2.43. The Morgan fingerprint density at radius 1 is 1.00 bits per heavy atom. The van der Waals surface area contributed by atoms with E-state index >= 15 is 0 Å². The van der Waals surface area contributed by atoms with Gasteiger partial charge in [0.2, 0.25) is 5.91 Å². The minimum absolute atomic E-state index is 0.169. The first-order chi connectivity index (χ1) is 14.8. The molecule has 4 nitrogen and oxygen atoms in total. The number of carboxylic acids is 1. The van der Waals surface area contributed by atoms with Gasteiger partial charge in [0.25, 0.3) is 0 Å². The molecule has 31 heavy (non-hydrogen) atoms. The van der Waals surface area contributed by atoms with E-state index in [-0.39, 0.29) is 13.0 Å². The molecule has 9 heteroatoms. The summed E-state index contributed by atoms with van der Waals surface area (Å²) in [5.74, 6) is -3.88.